The number of hydrogen-bond acceptors (Lipinski definition) is 5. The largest absolute Gasteiger partial charge is 0.512 e. The summed E-state index contributed by atoms with van der Waals surface area (Å²) >= 11 is 0. The van der Waals surface area contributed by atoms with E-state index in [2.05, 4.69) is 87.2 Å². The molecule has 0 amide bonds. The Bertz CT molecular complexity index is 2190. The van der Waals surface area contributed by atoms with Crippen molar-refractivity contribution < 1.29 is 34.4 Å². The van der Waals surface area contributed by atoms with Crippen LogP contribution in [-0.2, 0) is 24.9 Å². The first kappa shape index (κ1) is 39.1. The molecular weight excluding hydrogens is 813 g/mol. The van der Waals surface area contributed by atoms with Crippen LogP contribution in [0.25, 0.3) is 54.9 Å². The Kier molecular flexibility index (Phi) is 12.0. The van der Waals surface area contributed by atoms with Crippen molar-refractivity contribution in [1.29, 1.82) is 0 Å². The average molecular weight is 864 g/mol. The molecule has 265 valence electrons. The number of carbonyl (C=O) groups excluding carboxylic acids is 1. The molecule has 0 aliphatic rings. The predicted octanol–water partition coefficient (Wildman–Crippen LogP) is 11.7. The normalized spacial score (nSPS) is 12.6. The van der Waals surface area contributed by atoms with E-state index < -0.39 is 8.07 Å². The van der Waals surface area contributed by atoms with Gasteiger partial charge in [-0.05, 0) is 55.0 Å². The van der Waals surface area contributed by atoms with Crippen LogP contribution >= 0.6 is 0 Å². The molecule has 0 aliphatic carbocycles. The third-order valence-corrected chi connectivity index (χ3v) is 12.9. The Hall–Kier alpha value is -3.64. The van der Waals surface area contributed by atoms with Crippen molar-refractivity contribution in [3.05, 3.63) is 90.5 Å². The second-order valence-corrected chi connectivity index (χ2v) is 20.0. The number of ketones is 1. The minimum atomic E-state index is -1.57. The molecule has 2 aromatic heterocycles. The summed E-state index contributed by atoms with van der Waals surface area (Å²) in [6, 6.07) is 24.7. The van der Waals surface area contributed by atoms with Gasteiger partial charge in [-0.1, -0.05) is 120 Å². The van der Waals surface area contributed by atoms with Crippen LogP contribution in [0.5, 0.6) is 0 Å². The predicted molar refractivity (Wildman–Crippen MR) is 209 cm³/mol. The Labute approximate surface area is 312 Å². The molecule has 1 radical (unpaired) electrons. The van der Waals surface area contributed by atoms with Gasteiger partial charge in [-0.15, -0.1) is 18.2 Å². The fourth-order valence-electron chi connectivity index (χ4n) is 6.43. The zero-order chi connectivity index (χ0) is 35.7. The summed E-state index contributed by atoms with van der Waals surface area (Å²) in [5.41, 5.74) is 5.05. The van der Waals surface area contributed by atoms with Crippen molar-refractivity contribution in [2.24, 2.45) is 10.8 Å². The van der Waals surface area contributed by atoms with Crippen LogP contribution in [0.15, 0.2) is 83.2 Å². The van der Waals surface area contributed by atoms with E-state index in [0.29, 0.717) is 0 Å². The maximum atomic E-state index is 12.2. The van der Waals surface area contributed by atoms with Crippen molar-refractivity contribution >= 4 is 62.7 Å². The fourth-order valence-corrected chi connectivity index (χ4v) is 8.04. The van der Waals surface area contributed by atoms with Gasteiger partial charge in [0.25, 0.3) is 0 Å². The zero-order valence-electron chi connectivity index (χ0n) is 31.2. The number of aromatic nitrogens is 2. The van der Waals surface area contributed by atoms with Crippen LogP contribution in [0.2, 0.25) is 19.6 Å². The quantitative estimate of drug-likeness (QED) is 0.0515. The van der Waals surface area contributed by atoms with Crippen molar-refractivity contribution in [1.82, 2.24) is 9.97 Å². The molecule has 6 rings (SSSR count). The molecule has 1 N–H and O–H groups in total. The number of aliphatic hydroxyl groups is 1. The van der Waals surface area contributed by atoms with Gasteiger partial charge < -0.3 is 9.52 Å². The van der Waals surface area contributed by atoms with Crippen molar-refractivity contribution in [3.63, 3.8) is 0 Å². The van der Waals surface area contributed by atoms with Crippen LogP contribution in [0.3, 0.4) is 0 Å². The molecule has 5 nitrogen and oxygen atoms in total. The number of rotatable bonds is 9. The molecule has 2 heterocycles. The molecule has 0 atom stereocenters. The van der Waals surface area contributed by atoms with Crippen LogP contribution < -0.4 is 5.19 Å². The van der Waals surface area contributed by atoms with Gasteiger partial charge in [-0.25, -0.2) is 4.98 Å². The fraction of sp³-hybridized carbons (Fsp3) is 0.372. The monoisotopic (exact) mass is 864 g/mol. The molecule has 0 aliphatic heterocycles. The number of benzene rings is 4. The summed E-state index contributed by atoms with van der Waals surface area (Å²) in [7, 11) is -1.57. The van der Waals surface area contributed by atoms with E-state index in [4.69, 9.17) is 14.4 Å². The van der Waals surface area contributed by atoms with E-state index in [-0.39, 0.29) is 42.5 Å². The number of carbonyl (C=O) groups is 1. The van der Waals surface area contributed by atoms with E-state index in [1.807, 2.05) is 47.6 Å². The maximum absolute atomic E-state index is 12.2. The average Bonchev–Trinajstić information content (AvgIpc) is 3.47. The number of hydrogen-bond donors (Lipinski definition) is 1. The number of aliphatic hydroxyl groups excluding tert-OH is 1. The van der Waals surface area contributed by atoms with E-state index in [0.717, 1.165) is 69.8 Å². The Morgan fingerprint density at radius 3 is 2.18 bits per heavy atom. The van der Waals surface area contributed by atoms with Gasteiger partial charge >= 0.3 is 0 Å². The number of furan rings is 1. The van der Waals surface area contributed by atoms with Gasteiger partial charge in [0.2, 0.25) is 0 Å². The van der Waals surface area contributed by atoms with Gasteiger partial charge in [0.05, 0.1) is 19.2 Å². The van der Waals surface area contributed by atoms with Crippen molar-refractivity contribution in [2.75, 3.05) is 0 Å². The molecule has 0 spiro atoms. The van der Waals surface area contributed by atoms with Crippen LogP contribution in [0.1, 0.15) is 72.8 Å². The first-order valence-electron chi connectivity index (χ1n) is 17.7. The van der Waals surface area contributed by atoms with Crippen LogP contribution in [0, 0.1) is 23.8 Å². The van der Waals surface area contributed by atoms with E-state index >= 15 is 0 Å². The Balaban J connectivity index is 0.000000269. The second-order valence-electron chi connectivity index (χ2n) is 15.0. The first-order chi connectivity index (χ1) is 23.2. The third kappa shape index (κ3) is 7.37. The summed E-state index contributed by atoms with van der Waals surface area (Å²) < 4.78 is 6.35. The van der Waals surface area contributed by atoms with Gasteiger partial charge in [0.1, 0.15) is 17.7 Å². The van der Waals surface area contributed by atoms with E-state index in [1.165, 1.54) is 27.6 Å². The molecule has 4 aromatic carbocycles. The SMILES string of the molecule is CCC(C)(CC)C(=O)/C=C(\O)C(C)(CC)CC.Cc1ccc2c(c1)oc1c(-c3ncnc4c3ccc3cccc([Si](C)(C)C)c34)[c-]ccc12.[Ir]. The van der Waals surface area contributed by atoms with Gasteiger partial charge in [0.15, 0.2) is 5.78 Å². The summed E-state index contributed by atoms with van der Waals surface area (Å²) in [4.78, 5) is 21.7. The standard InChI is InChI=1S/C28H23N2OSi.C15H28O2.Ir/c1-17-11-13-19-20-8-6-9-22(28(20)31-23(19)15-17)26-21-14-12-18-7-5-10-24(32(2,3)4)25(18)27(21)30-16-29-26;1-7-14(5,8-2)12(16)11-13(17)15(6,9-3)10-4;/h5-8,10-16H,1-4H3;11,16H,7-10H2,1-6H3;/q-1;;/b;12-11-;. The van der Waals surface area contributed by atoms with Gasteiger partial charge in [-0.3, -0.25) is 9.78 Å². The molecular formula is C43H51IrN2O3Si-. The van der Waals surface area contributed by atoms with Crippen molar-refractivity contribution in [2.45, 2.75) is 93.8 Å². The topological polar surface area (TPSA) is 76.2 Å². The molecule has 0 fully saturated rings. The Morgan fingerprint density at radius 1 is 0.880 bits per heavy atom. The summed E-state index contributed by atoms with van der Waals surface area (Å²) in [6.45, 7) is 21.3. The van der Waals surface area contributed by atoms with Crippen LogP contribution in [-0.4, -0.2) is 28.9 Å². The smallest absolute Gasteiger partial charge is 0.164 e. The van der Waals surface area contributed by atoms with Crippen LogP contribution in [0.4, 0.5) is 0 Å². The van der Waals surface area contributed by atoms with Gasteiger partial charge in [-0.2, -0.15) is 0 Å². The van der Waals surface area contributed by atoms with Crippen molar-refractivity contribution in [3.8, 4) is 11.3 Å². The zero-order valence-corrected chi connectivity index (χ0v) is 34.6. The van der Waals surface area contributed by atoms with E-state index in [9.17, 15) is 9.90 Å². The summed E-state index contributed by atoms with van der Waals surface area (Å²) in [6.07, 6.45) is 6.43. The number of allylic oxidation sites excluding steroid dienone is 2. The summed E-state index contributed by atoms with van der Waals surface area (Å²) in [5, 5.41) is 17.3. The molecule has 0 unspecified atom stereocenters. The summed E-state index contributed by atoms with van der Waals surface area (Å²) in [5.74, 6) is 0.286. The molecule has 50 heavy (non-hydrogen) atoms. The second kappa shape index (κ2) is 15.3. The minimum absolute atomic E-state index is 0. The van der Waals surface area contributed by atoms with E-state index in [1.54, 1.807) is 6.33 Å². The maximum Gasteiger partial charge on any atom is 0.164 e. The Morgan fingerprint density at radius 2 is 1.54 bits per heavy atom. The number of fused-ring (bicyclic) bond motifs is 6. The number of nitrogens with zero attached hydrogens (tertiary/aromatic N) is 2. The molecule has 0 saturated carbocycles. The number of aryl methyl sites for hydroxylation is 1. The molecule has 0 saturated heterocycles. The molecule has 7 heteroatoms. The first-order valence-corrected chi connectivity index (χ1v) is 21.2. The third-order valence-electron chi connectivity index (χ3n) is 10.9. The van der Waals surface area contributed by atoms with Gasteiger partial charge in [0, 0.05) is 53.5 Å². The molecule has 0 bridgehead atoms. The minimum Gasteiger partial charge on any atom is -0.512 e. The molecule has 6 aromatic rings.